The largest absolute Gasteiger partial charge is 0.492 e. The second kappa shape index (κ2) is 14.7. The maximum absolute atomic E-state index is 13.3. The number of carbonyl (C=O) groups excluding carboxylic acids is 4. The monoisotopic (exact) mass is 560 g/mol. The van der Waals surface area contributed by atoms with Gasteiger partial charge in [-0.2, -0.15) is 0 Å². The number of primary amides is 1. The molecule has 0 saturated heterocycles. The number of Topliss-reactive ketones (excluding diaryl/α,β-unsaturated/α-hetero) is 1. The molecule has 0 aromatic rings. The summed E-state index contributed by atoms with van der Waals surface area (Å²) in [5, 5.41) is 13.7. The van der Waals surface area contributed by atoms with Crippen LogP contribution in [0, 0.1) is 11.8 Å². The molecule has 2 bridgehead atoms. The van der Waals surface area contributed by atoms with Crippen LogP contribution in [-0.4, -0.2) is 74.4 Å². The number of nitrogens with one attached hydrogen (secondary N) is 1. The maximum Gasteiger partial charge on any atom is 0.405 e. The Morgan fingerprint density at radius 1 is 1.10 bits per heavy atom. The zero-order valence-electron chi connectivity index (χ0n) is 24.1. The fourth-order valence-electron chi connectivity index (χ4n) is 4.78. The number of fused-ring (bicyclic) bond motifs is 2. The molecule has 11 heteroatoms. The second-order valence-electron chi connectivity index (χ2n) is 10.1. The first-order valence-corrected chi connectivity index (χ1v) is 13.0. The highest BCUT2D eigenvalue weighted by atomic mass is 16.6. The Morgan fingerprint density at radius 3 is 2.35 bits per heavy atom. The van der Waals surface area contributed by atoms with E-state index in [2.05, 4.69) is 5.32 Å². The number of methoxy groups -OCH3 is 3. The van der Waals surface area contributed by atoms with Crippen LogP contribution in [0.25, 0.3) is 0 Å². The highest BCUT2D eigenvalue weighted by Crippen LogP contribution is 2.29. The molecule has 0 unspecified atom stereocenters. The Kier molecular flexibility index (Phi) is 12.0. The van der Waals surface area contributed by atoms with Gasteiger partial charge in [0.15, 0.2) is 11.9 Å². The number of aliphatic hydroxyl groups is 1. The van der Waals surface area contributed by atoms with E-state index in [0.717, 1.165) is 6.08 Å². The molecule has 0 spiro atoms. The summed E-state index contributed by atoms with van der Waals surface area (Å²) in [6.45, 7) is 6.92. The molecular formula is C29H40N2O9. The van der Waals surface area contributed by atoms with Crippen LogP contribution in [0.5, 0.6) is 0 Å². The molecule has 220 valence electrons. The lowest BCUT2D eigenvalue weighted by Crippen LogP contribution is -2.37. The number of allylic oxidation sites excluding steroid dienone is 4. The molecule has 1 aliphatic heterocycles. The van der Waals surface area contributed by atoms with Crippen molar-refractivity contribution in [2.45, 2.75) is 65.0 Å². The van der Waals surface area contributed by atoms with Crippen LogP contribution in [-0.2, 0) is 33.3 Å². The highest BCUT2D eigenvalue weighted by molar-refractivity contribution is 6.23. The summed E-state index contributed by atoms with van der Waals surface area (Å²) in [6.07, 6.45) is 3.61. The molecule has 0 aromatic heterocycles. The molecule has 0 fully saturated rings. The lowest BCUT2D eigenvalue weighted by Gasteiger charge is -2.29. The number of hydrogen-bond acceptors (Lipinski definition) is 9. The van der Waals surface area contributed by atoms with E-state index in [1.165, 1.54) is 34.3 Å². The van der Waals surface area contributed by atoms with Gasteiger partial charge in [-0.15, -0.1) is 0 Å². The van der Waals surface area contributed by atoms with E-state index in [1.807, 2.05) is 6.92 Å². The summed E-state index contributed by atoms with van der Waals surface area (Å²) in [5.74, 6) is -2.39. The molecule has 40 heavy (non-hydrogen) atoms. The number of aliphatic hydroxyl groups excluding tert-OH is 1. The molecule has 2 amide bonds. The Bertz CT molecular complexity index is 1150. The molecule has 4 N–H and O–H groups in total. The molecule has 6 atom stereocenters. The summed E-state index contributed by atoms with van der Waals surface area (Å²) in [4.78, 5) is 50.6. The van der Waals surface area contributed by atoms with Crippen molar-refractivity contribution < 1.29 is 43.2 Å². The summed E-state index contributed by atoms with van der Waals surface area (Å²) in [6, 6.07) is 0. The number of nitrogens with two attached hydrogens (primary N) is 1. The van der Waals surface area contributed by atoms with Crippen molar-refractivity contribution in [3.8, 4) is 0 Å². The molecular weight excluding hydrogens is 520 g/mol. The van der Waals surface area contributed by atoms with Crippen LogP contribution < -0.4 is 11.1 Å². The number of rotatable bonds is 4. The van der Waals surface area contributed by atoms with Gasteiger partial charge in [-0.05, 0) is 38.2 Å². The van der Waals surface area contributed by atoms with Crippen LogP contribution in [0.2, 0.25) is 0 Å². The number of carbonyl (C=O) groups is 4. The minimum Gasteiger partial charge on any atom is -0.492 e. The van der Waals surface area contributed by atoms with Gasteiger partial charge in [-0.3, -0.25) is 14.4 Å². The quantitative estimate of drug-likeness (QED) is 0.346. The zero-order valence-corrected chi connectivity index (χ0v) is 24.1. The van der Waals surface area contributed by atoms with Gasteiger partial charge in [-0.25, -0.2) is 4.79 Å². The molecule has 0 saturated carbocycles. The zero-order chi connectivity index (χ0) is 30.1. The first-order valence-electron chi connectivity index (χ1n) is 13.0. The van der Waals surface area contributed by atoms with E-state index >= 15 is 0 Å². The van der Waals surface area contributed by atoms with Crippen LogP contribution in [0.15, 0.2) is 58.6 Å². The van der Waals surface area contributed by atoms with E-state index < -0.39 is 53.9 Å². The van der Waals surface area contributed by atoms with Gasteiger partial charge in [0, 0.05) is 37.4 Å². The first kappa shape index (κ1) is 32.7. The highest BCUT2D eigenvalue weighted by Gasteiger charge is 2.34. The first-order chi connectivity index (χ1) is 18.8. The van der Waals surface area contributed by atoms with Crippen LogP contribution in [0.4, 0.5) is 4.79 Å². The molecule has 2 aliphatic rings. The minimum atomic E-state index is -1.00. The number of ketones is 2. The van der Waals surface area contributed by atoms with Crippen LogP contribution in [0.1, 0.15) is 40.5 Å². The van der Waals surface area contributed by atoms with Crippen molar-refractivity contribution in [1.29, 1.82) is 0 Å². The third kappa shape index (κ3) is 8.23. The maximum atomic E-state index is 13.3. The van der Waals surface area contributed by atoms with E-state index in [1.54, 1.807) is 32.1 Å². The van der Waals surface area contributed by atoms with E-state index in [9.17, 15) is 24.3 Å². The lowest BCUT2D eigenvalue weighted by molar-refractivity contribution is -0.120. The Labute approximate surface area is 234 Å². The van der Waals surface area contributed by atoms with Crippen LogP contribution >= 0.6 is 0 Å². The second-order valence-corrected chi connectivity index (χ2v) is 10.1. The SMILES string of the molecule is COC1=C2C[C@@H](C)C[C@H](OC)[C@H](O)[C@@H](C)/C=C(\C)[C@H](OC(N)=O)[C@@H](OC)/C=C/C=C(\C)C(=O)NC(=CC1=O)C2=O. The topological polar surface area (TPSA) is 163 Å². The van der Waals surface area contributed by atoms with Gasteiger partial charge in [0.2, 0.25) is 11.6 Å². The summed E-state index contributed by atoms with van der Waals surface area (Å²) < 4.78 is 21.7. The molecule has 11 nitrogen and oxygen atoms in total. The third-order valence-corrected chi connectivity index (χ3v) is 6.95. The van der Waals surface area contributed by atoms with Crippen molar-refractivity contribution in [3.63, 3.8) is 0 Å². The summed E-state index contributed by atoms with van der Waals surface area (Å²) >= 11 is 0. The fourth-order valence-corrected chi connectivity index (χ4v) is 4.78. The summed E-state index contributed by atoms with van der Waals surface area (Å²) in [7, 11) is 4.21. The standard InChI is InChI=1S/C29H40N2O9/c1-15-11-19-25(34)20(14-21(32)27(19)39-7)31-28(35)16(2)9-8-10-22(37-5)26(40-29(30)36)18(4)13-17(3)24(33)23(12-15)38-6/h8-10,13-15,17,22-24,26,33H,11-12H2,1-7H3,(H2,30,36)(H,31,35)/b10-8+,16-9+,18-13+/t15-,17+,22+,23+,24-,26+/m1/s1. The van der Waals surface area contributed by atoms with Crippen molar-refractivity contribution in [2.24, 2.45) is 17.6 Å². The van der Waals surface area contributed by atoms with Crippen LogP contribution in [0.3, 0.4) is 0 Å². The third-order valence-electron chi connectivity index (χ3n) is 6.95. The van der Waals surface area contributed by atoms with Gasteiger partial charge < -0.3 is 35.1 Å². The Balaban J connectivity index is 2.60. The molecule has 0 aromatic carbocycles. The minimum absolute atomic E-state index is 0.0801. The predicted molar refractivity (Wildman–Crippen MR) is 147 cm³/mol. The van der Waals surface area contributed by atoms with Crippen molar-refractivity contribution >= 4 is 23.6 Å². The van der Waals surface area contributed by atoms with E-state index in [0.29, 0.717) is 12.0 Å². The number of amides is 2. The molecule has 2 rings (SSSR count). The predicted octanol–water partition coefficient (Wildman–Crippen LogP) is 2.41. The number of ether oxygens (including phenoxy) is 4. The van der Waals surface area contributed by atoms with Gasteiger partial charge in [0.05, 0.1) is 25.0 Å². The van der Waals surface area contributed by atoms with E-state index in [4.69, 9.17) is 24.7 Å². The average molecular weight is 561 g/mol. The number of hydrogen-bond donors (Lipinski definition) is 3. The fraction of sp³-hybridized carbons (Fsp3) is 0.517. The van der Waals surface area contributed by atoms with Crippen molar-refractivity contribution in [3.05, 3.63) is 58.6 Å². The lowest BCUT2D eigenvalue weighted by atomic mass is 9.85. The smallest absolute Gasteiger partial charge is 0.405 e. The summed E-state index contributed by atoms with van der Waals surface area (Å²) in [5.41, 5.74) is 6.12. The van der Waals surface area contributed by atoms with Gasteiger partial charge in [0.25, 0.3) is 5.91 Å². The normalized spacial score (nSPS) is 32.7. The van der Waals surface area contributed by atoms with Crippen molar-refractivity contribution in [1.82, 2.24) is 5.32 Å². The Morgan fingerprint density at radius 2 is 1.77 bits per heavy atom. The van der Waals surface area contributed by atoms with E-state index in [-0.39, 0.29) is 34.9 Å². The van der Waals surface area contributed by atoms with Gasteiger partial charge in [0.1, 0.15) is 6.10 Å². The molecule has 1 heterocycles. The Hall–Kier alpha value is -3.54. The molecule has 0 radical (unpaired) electrons. The average Bonchev–Trinajstić information content (AvgIpc) is 2.90. The van der Waals surface area contributed by atoms with Gasteiger partial charge in [-0.1, -0.05) is 38.2 Å². The molecule has 1 aliphatic carbocycles. The van der Waals surface area contributed by atoms with Gasteiger partial charge >= 0.3 is 6.09 Å². The van der Waals surface area contributed by atoms with Crippen molar-refractivity contribution in [2.75, 3.05) is 21.3 Å².